The Kier molecular flexibility index (Phi) is 5.83. The molecule has 8 nitrogen and oxygen atoms in total. The Morgan fingerprint density at radius 3 is 2.11 bits per heavy atom. The number of phenols is 1. The van der Waals surface area contributed by atoms with Crippen molar-refractivity contribution < 1.29 is 24.6 Å². The molecule has 3 amide bonds. The first kappa shape index (κ1) is 19.0. The quantitative estimate of drug-likeness (QED) is 0.742. The Hall–Kier alpha value is -2.77. The van der Waals surface area contributed by atoms with E-state index in [-0.39, 0.29) is 35.2 Å². The Morgan fingerprint density at radius 2 is 1.52 bits per heavy atom. The van der Waals surface area contributed by atoms with Crippen LogP contribution in [-0.2, 0) is 4.79 Å². The number of carbonyl (C=O) groups is 3. The highest BCUT2D eigenvalue weighted by Crippen LogP contribution is 2.24. The second-order valence-electron chi connectivity index (χ2n) is 7.13. The van der Waals surface area contributed by atoms with E-state index in [1.54, 1.807) is 28.0 Å². The van der Waals surface area contributed by atoms with E-state index in [1.165, 1.54) is 6.07 Å². The summed E-state index contributed by atoms with van der Waals surface area (Å²) in [4.78, 5) is 39.2. The zero-order valence-electron chi connectivity index (χ0n) is 15.1. The number of carboxylic acids is 1. The fraction of sp³-hybridized carbons (Fsp3) is 0.526. The van der Waals surface area contributed by atoms with Gasteiger partial charge in [-0.2, -0.15) is 0 Å². The maximum Gasteiger partial charge on any atom is 0.317 e. The number of hydrogen-bond acceptors (Lipinski definition) is 4. The molecule has 0 bridgehead atoms. The van der Waals surface area contributed by atoms with Crippen LogP contribution in [0.2, 0.25) is 0 Å². The molecule has 27 heavy (non-hydrogen) atoms. The first-order valence-electron chi connectivity index (χ1n) is 9.31. The third-order valence-electron chi connectivity index (χ3n) is 5.39. The third-order valence-corrected chi connectivity index (χ3v) is 5.39. The minimum absolute atomic E-state index is 0.00836. The highest BCUT2D eigenvalue weighted by atomic mass is 16.4. The first-order chi connectivity index (χ1) is 13.0. The summed E-state index contributed by atoms with van der Waals surface area (Å²) in [6, 6.07) is 6.28. The Morgan fingerprint density at radius 1 is 0.926 bits per heavy atom. The molecule has 0 unspecified atom stereocenters. The second kappa shape index (κ2) is 8.28. The molecule has 0 aromatic heterocycles. The molecule has 2 aliphatic rings. The van der Waals surface area contributed by atoms with E-state index in [1.807, 2.05) is 0 Å². The number of benzene rings is 1. The van der Waals surface area contributed by atoms with Gasteiger partial charge in [0.2, 0.25) is 0 Å². The molecule has 146 valence electrons. The van der Waals surface area contributed by atoms with Gasteiger partial charge in [-0.25, -0.2) is 4.79 Å². The predicted molar refractivity (Wildman–Crippen MR) is 97.5 cm³/mol. The summed E-state index contributed by atoms with van der Waals surface area (Å²) >= 11 is 0. The maximum absolute atomic E-state index is 12.5. The van der Waals surface area contributed by atoms with Crippen molar-refractivity contribution in [1.82, 2.24) is 15.1 Å². The van der Waals surface area contributed by atoms with E-state index in [2.05, 4.69) is 5.32 Å². The van der Waals surface area contributed by atoms with Crippen molar-refractivity contribution in [2.75, 3.05) is 26.2 Å². The summed E-state index contributed by atoms with van der Waals surface area (Å²) in [6.07, 6.45) is 2.52. The van der Waals surface area contributed by atoms with Crippen LogP contribution in [0.1, 0.15) is 36.0 Å². The van der Waals surface area contributed by atoms with Crippen molar-refractivity contribution in [3.05, 3.63) is 29.8 Å². The minimum Gasteiger partial charge on any atom is -0.507 e. The van der Waals surface area contributed by atoms with Gasteiger partial charge in [0.25, 0.3) is 5.91 Å². The SMILES string of the molecule is O=C(O)C1CCC(NC(=O)N2CCN(C(=O)c3ccccc3O)CC2)CC1. The maximum atomic E-state index is 12.5. The molecule has 1 saturated carbocycles. The van der Waals surface area contributed by atoms with Crippen LogP contribution in [0.5, 0.6) is 5.75 Å². The largest absolute Gasteiger partial charge is 0.507 e. The van der Waals surface area contributed by atoms with Gasteiger partial charge in [0.05, 0.1) is 11.5 Å². The van der Waals surface area contributed by atoms with Crippen LogP contribution < -0.4 is 5.32 Å². The molecule has 1 heterocycles. The van der Waals surface area contributed by atoms with Gasteiger partial charge in [0.1, 0.15) is 5.75 Å². The Bertz CT molecular complexity index is 707. The van der Waals surface area contributed by atoms with Crippen LogP contribution in [0, 0.1) is 5.92 Å². The third kappa shape index (κ3) is 4.50. The lowest BCUT2D eigenvalue weighted by Gasteiger charge is -2.36. The van der Waals surface area contributed by atoms with Crippen LogP contribution in [-0.4, -0.2) is 70.1 Å². The summed E-state index contributed by atoms with van der Waals surface area (Å²) in [5.74, 6) is -1.34. The Balaban J connectivity index is 1.46. The van der Waals surface area contributed by atoms with Gasteiger partial charge in [-0.05, 0) is 37.8 Å². The van der Waals surface area contributed by atoms with Crippen molar-refractivity contribution >= 4 is 17.9 Å². The highest BCUT2D eigenvalue weighted by Gasteiger charge is 2.30. The average Bonchev–Trinajstić information content (AvgIpc) is 2.68. The van der Waals surface area contributed by atoms with Gasteiger partial charge in [0, 0.05) is 32.2 Å². The number of nitrogens with zero attached hydrogens (tertiary/aromatic N) is 2. The predicted octanol–water partition coefficient (Wildman–Crippen LogP) is 1.50. The molecule has 2 fully saturated rings. The zero-order chi connectivity index (χ0) is 19.4. The van der Waals surface area contributed by atoms with Gasteiger partial charge in [-0.15, -0.1) is 0 Å². The lowest BCUT2D eigenvalue weighted by atomic mass is 9.86. The van der Waals surface area contributed by atoms with Gasteiger partial charge < -0.3 is 25.3 Å². The van der Waals surface area contributed by atoms with Gasteiger partial charge in [-0.3, -0.25) is 9.59 Å². The number of piperazine rings is 1. The molecule has 1 saturated heterocycles. The molecule has 1 aromatic carbocycles. The number of nitrogens with one attached hydrogen (secondary N) is 1. The number of amides is 3. The van der Waals surface area contributed by atoms with Gasteiger partial charge in [-0.1, -0.05) is 12.1 Å². The number of carbonyl (C=O) groups excluding carboxylic acids is 2. The highest BCUT2D eigenvalue weighted by molar-refractivity contribution is 5.97. The number of phenolic OH excluding ortho intramolecular Hbond substituents is 1. The molecule has 3 N–H and O–H groups in total. The summed E-state index contributed by atoms with van der Waals surface area (Å²) in [5.41, 5.74) is 0.269. The van der Waals surface area contributed by atoms with Gasteiger partial charge >= 0.3 is 12.0 Å². The molecule has 1 aliphatic heterocycles. The van der Waals surface area contributed by atoms with E-state index in [9.17, 15) is 19.5 Å². The minimum atomic E-state index is -0.759. The smallest absolute Gasteiger partial charge is 0.317 e. The summed E-state index contributed by atoms with van der Waals surface area (Å²) < 4.78 is 0. The molecule has 8 heteroatoms. The van der Waals surface area contributed by atoms with Crippen LogP contribution in [0.25, 0.3) is 0 Å². The summed E-state index contributed by atoms with van der Waals surface area (Å²) in [7, 11) is 0. The molecular formula is C19H25N3O5. The lowest BCUT2D eigenvalue weighted by molar-refractivity contribution is -0.142. The molecule has 3 rings (SSSR count). The van der Waals surface area contributed by atoms with Crippen molar-refractivity contribution in [3.63, 3.8) is 0 Å². The second-order valence-corrected chi connectivity index (χ2v) is 7.13. The molecule has 0 atom stereocenters. The van der Waals surface area contributed by atoms with Crippen LogP contribution >= 0.6 is 0 Å². The van der Waals surface area contributed by atoms with Crippen molar-refractivity contribution in [1.29, 1.82) is 0 Å². The van der Waals surface area contributed by atoms with E-state index in [4.69, 9.17) is 5.11 Å². The van der Waals surface area contributed by atoms with E-state index < -0.39 is 5.97 Å². The molecule has 1 aliphatic carbocycles. The van der Waals surface area contributed by atoms with Crippen molar-refractivity contribution in [2.24, 2.45) is 5.92 Å². The monoisotopic (exact) mass is 375 g/mol. The van der Waals surface area contributed by atoms with Crippen molar-refractivity contribution in [3.8, 4) is 5.75 Å². The summed E-state index contributed by atoms with van der Waals surface area (Å²) in [6.45, 7) is 1.67. The number of carboxylic acid groups (broad SMARTS) is 1. The van der Waals surface area contributed by atoms with E-state index in [0.29, 0.717) is 51.9 Å². The standard InChI is InChI=1S/C19H25N3O5/c23-16-4-2-1-3-15(16)17(24)21-9-11-22(12-10-21)19(27)20-14-7-5-13(6-8-14)18(25)26/h1-4,13-14,23H,5-12H2,(H,20,27)(H,25,26). The van der Waals surface area contributed by atoms with Crippen LogP contribution in [0.15, 0.2) is 24.3 Å². The van der Waals surface area contributed by atoms with Crippen LogP contribution in [0.4, 0.5) is 4.79 Å². The molecule has 0 spiro atoms. The zero-order valence-corrected chi connectivity index (χ0v) is 15.1. The number of para-hydroxylation sites is 1. The number of hydrogen-bond donors (Lipinski definition) is 3. The average molecular weight is 375 g/mol. The first-order valence-corrected chi connectivity index (χ1v) is 9.31. The number of aromatic hydroxyl groups is 1. The summed E-state index contributed by atoms with van der Waals surface area (Å²) in [5, 5.41) is 21.8. The fourth-order valence-electron chi connectivity index (χ4n) is 3.69. The van der Waals surface area contributed by atoms with Crippen molar-refractivity contribution in [2.45, 2.75) is 31.7 Å². The fourth-order valence-corrected chi connectivity index (χ4v) is 3.69. The van der Waals surface area contributed by atoms with E-state index in [0.717, 1.165) is 0 Å². The van der Waals surface area contributed by atoms with Gasteiger partial charge in [0.15, 0.2) is 0 Å². The topological polar surface area (TPSA) is 110 Å². The lowest BCUT2D eigenvalue weighted by Crippen LogP contribution is -2.54. The molecule has 0 radical (unpaired) electrons. The Labute approximate surface area is 157 Å². The number of urea groups is 1. The van der Waals surface area contributed by atoms with Crippen LogP contribution in [0.3, 0.4) is 0 Å². The number of rotatable bonds is 3. The van der Waals surface area contributed by atoms with E-state index >= 15 is 0 Å². The molecule has 1 aromatic rings. The molecular weight excluding hydrogens is 350 g/mol. The normalized spacial score (nSPS) is 23.0. The number of aliphatic carboxylic acids is 1.